The number of ketones is 1. The molecule has 9 nitrogen and oxygen atoms in total. The molecule has 5 N–H and O–H groups in total. The van der Waals surface area contributed by atoms with Gasteiger partial charge < -0.3 is 21.7 Å². The van der Waals surface area contributed by atoms with Crippen LogP contribution in [-0.4, -0.2) is 65.3 Å². The maximum Gasteiger partial charge on any atom is 0.315 e. The van der Waals surface area contributed by atoms with E-state index in [1.165, 1.54) is 0 Å². The molecule has 0 aromatic carbocycles. The molecular weight excluding hydrogens is 458 g/mol. The Bertz CT molecular complexity index is 884. The summed E-state index contributed by atoms with van der Waals surface area (Å²) in [6.07, 6.45) is 3.56. The zero-order valence-electron chi connectivity index (χ0n) is 23.4. The van der Waals surface area contributed by atoms with E-state index < -0.39 is 23.8 Å². The van der Waals surface area contributed by atoms with Crippen LogP contribution in [0.25, 0.3) is 0 Å². The van der Waals surface area contributed by atoms with E-state index in [1.54, 1.807) is 0 Å². The summed E-state index contributed by atoms with van der Waals surface area (Å²) in [5, 5.41) is 9.00. The molecule has 2 aliphatic carbocycles. The highest BCUT2D eigenvalue weighted by Crippen LogP contribution is 2.64. The van der Waals surface area contributed by atoms with Crippen LogP contribution in [0.2, 0.25) is 0 Å². The van der Waals surface area contributed by atoms with Gasteiger partial charge in [0.25, 0.3) is 5.91 Å². The van der Waals surface area contributed by atoms with Crippen molar-refractivity contribution in [3.8, 4) is 0 Å². The van der Waals surface area contributed by atoms with Gasteiger partial charge in [-0.15, -0.1) is 0 Å². The van der Waals surface area contributed by atoms with Crippen molar-refractivity contribution >= 4 is 23.6 Å². The van der Waals surface area contributed by atoms with Crippen molar-refractivity contribution < 1.29 is 19.2 Å². The number of nitrogens with zero attached hydrogens (tertiary/aromatic N) is 1. The number of likely N-dealkylation sites (tertiary alicyclic amines) is 1. The van der Waals surface area contributed by atoms with E-state index in [-0.39, 0.29) is 40.3 Å². The molecule has 0 aromatic heterocycles. The lowest BCUT2D eigenvalue weighted by molar-refractivity contribution is -0.139. The molecule has 204 valence electrons. The van der Waals surface area contributed by atoms with Gasteiger partial charge in [0.1, 0.15) is 0 Å². The van der Waals surface area contributed by atoms with Crippen molar-refractivity contribution in [2.24, 2.45) is 34.3 Å². The average Bonchev–Trinajstić information content (AvgIpc) is 3.02. The van der Waals surface area contributed by atoms with Gasteiger partial charge in [-0.05, 0) is 55.8 Å². The Balaban J connectivity index is 1.77. The van der Waals surface area contributed by atoms with Crippen molar-refractivity contribution in [1.29, 1.82) is 0 Å². The van der Waals surface area contributed by atoms with Crippen LogP contribution in [-0.2, 0) is 14.4 Å². The predicted molar refractivity (Wildman–Crippen MR) is 139 cm³/mol. The molecule has 0 aromatic rings. The average molecular weight is 506 g/mol. The molecule has 0 bridgehead atoms. The molecule has 36 heavy (non-hydrogen) atoms. The monoisotopic (exact) mass is 505 g/mol. The number of primary amides is 1. The molecule has 3 aliphatic rings. The summed E-state index contributed by atoms with van der Waals surface area (Å²) >= 11 is 0. The van der Waals surface area contributed by atoms with Gasteiger partial charge in [0, 0.05) is 24.7 Å². The van der Waals surface area contributed by atoms with Crippen LogP contribution in [0.1, 0.15) is 81.1 Å². The van der Waals surface area contributed by atoms with Crippen molar-refractivity contribution in [1.82, 2.24) is 20.9 Å². The van der Waals surface area contributed by atoms with Gasteiger partial charge in [0.15, 0.2) is 0 Å². The number of carbonyl (C=O) groups excluding carboxylic acids is 4. The summed E-state index contributed by atoms with van der Waals surface area (Å²) < 4.78 is 0. The second-order valence-corrected chi connectivity index (χ2v) is 13.9. The highest BCUT2D eigenvalue weighted by atomic mass is 16.2. The van der Waals surface area contributed by atoms with Crippen molar-refractivity contribution in [2.45, 2.75) is 105 Å². The Kier molecular flexibility index (Phi) is 7.85. The summed E-state index contributed by atoms with van der Waals surface area (Å²) in [5.41, 5.74) is 4.74. The van der Waals surface area contributed by atoms with E-state index in [9.17, 15) is 19.2 Å². The second-order valence-electron chi connectivity index (χ2n) is 13.9. The number of urea groups is 1. The fourth-order valence-electron chi connectivity index (χ4n) is 5.90. The van der Waals surface area contributed by atoms with Crippen molar-refractivity contribution in [3.05, 3.63) is 0 Å². The summed E-state index contributed by atoms with van der Waals surface area (Å²) in [6.45, 7) is 17.6. The number of rotatable bonds is 9. The van der Waals surface area contributed by atoms with Crippen LogP contribution >= 0.6 is 0 Å². The quantitative estimate of drug-likeness (QED) is 0.357. The van der Waals surface area contributed by atoms with Crippen LogP contribution in [0.3, 0.4) is 0 Å². The highest BCUT2D eigenvalue weighted by molar-refractivity contribution is 6.37. The van der Waals surface area contributed by atoms with E-state index in [0.29, 0.717) is 24.8 Å². The van der Waals surface area contributed by atoms with Gasteiger partial charge in [-0.1, -0.05) is 53.9 Å². The number of amides is 4. The third-order valence-electron chi connectivity index (χ3n) is 8.50. The first kappa shape index (κ1) is 28.4. The molecule has 2 saturated carbocycles. The standard InChI is InChI=1S/C27H47N5O4/c1-25(2,3)18(30-24(36)31-26(4,5)6)14-32-13-16-19(27(16,7)8)20(32)23(35)29-17(21(33)22(28)34)12-15-10-9-11-15/h15-20H,9-14H2,1-8H3,(H2,28,34)(H,29,35)(H2,30,31,36)/t16-,17+,18+,19-,20-/m0/s1. The number of hydrogen-bond donors (Lipinski definition) is 4. The minimum Gasteiger partial charge on any atom is -0.363 e. The molecule has 0 spiro atoms. The molecule has 3 fully saturated rings. The smallest absolute Gasteiger partial charge is 0.315 e. The number of carbonyl (C=O) groups is 4. The van der Waals surface area contributed by atoms with Gasteiger partial charge in [-0.3, -0.25) is 19.3 Å². The normalized spacial score (nSPS) is 27.3. The summed E-state index contributed by atoms with van der Waals surface area (Å²) in [6, 6.07) is -1.74. The van der Waals surface area contributed by atoms with Crippen LogP contribution in [0.4, 0.5) is 4.79 Å². The van der Waals surface area contributed by atoms with Gasteiger partial charge in [0.2, 0.25) is 11.7 Å². The zero-order valence-corrected chi connectivity index (χ0v) is 23.4. The molecule has 1 aliphatic heterocycles. The molecule has 1 saturated heterocycles. The molecule has 4 amide bonds. The fraction of sp³-hybridized carbons (Fsp3) is 0.852. The number of hydrogen-bond acceptors (Lipinski definition) is 5. The maximum absolute atomic E-state index is 13.7. The third-order valence-corrected chi connectivity index (χ3v) is 8.50. The van der Waals surface area contributed by atoms with Gasteiger partial charge in [0.05, 0.1) is 12.1 Å². The lowest BCUT2D eigenvalue weighted by Gasteiger charge is -2.39. The first-order valence-corrected chi connectivity index (χ1v) is 13.4. The second kappa shape index (κ2) is 9.95. The minimum atomic E-state index is -1.01. The third kappa shape index (κ3) is 6.39. The summed E-state index contributed by atoms with van der Waals surface area (Å²) in [4.78, 5) is 52.8. The van der Waals surface area contributed by atoms with Crippen LogP contribution in [0.15, 0.2) is 0 Å². The van der Waals surface area contributed by atoms with E-state index >= 15 is 0 Å². The zero-order chi connectivity index (χ0) is 27.2. The Morgan fingerprint density at radius 2 is 1.64 bits per heavy atom. The molecule has 0 radical (unpaired) electrons. The van der Waals surface area contributed by atoms with E-state index in [0.717, 1.165) is 25.8 Å². The van der Waals surface area contributed by atoms with Crippen LogP contribution < -0.4 is 21.7 Å². The number of Topliss-reactive ketones (excluding diaryl/α,β-unsaturated/α-hetero) is 1. The lowest BCUT2D eigenvalue weighted by atomic mass is 9.80. The Morgan fingerprint density at radius 3 is 2.11 bits per heavy atom. The van der Waals surface area contributed by atoms with E-state index in [4.69, 9.17) is 5.73 Å². The molecule has 1 heterocycles. The summed E-state index contributed by atoms with van der Waals surface area (Å²) in [5.74, 6) is -1.09. The molecule has 0 unspecified atom stereocenters. The predicted octanol–water partition coefficient (Wildman–Crippen LogP) is 2.18. The number of piperidine rings is 1. The Labute approximate surface area is 216 Å². The number of nitrogens with one attached hydrogen (secondary N) is 3. The molecule has 9 heteroatoms. The number of nitrogens with two attached hydrogens (primary N) is 1. The van der Waals surface area contributed by atoms with Crippen LogP contribution in [0, 0.1) is 28.6 Å². The van der Waals surface area contributed by atoms with E-state index in [2.05, 4.69) is 55.5 Å². The van der Waals surface area contributed by atoms with Gasteiger partial charge in [-0.25, -0.2) is 4.79 Å². The van der Waals surface area contributed by atoms with Crippen molar-refractivity contribution in [3.63, 3.8) is 0 Å². The van der Waals surface area contributed by atoms with Crippen LogP contribution in [0.5, 0.6) is 0 Å². The van der Waals surface area contributed by atoms with Gasteiger partial charge >= 0.3 is 6.03 Å². The highest BCUT2D eigenvalue weighted by Gasteiger charge is 2.68. The SMILES string of the molecule is CC(C)(C)NC(=O)N[C@H](CN1C[C@H]2[C@@H]([C@H]1C(=O)N[C@H](CC1CCC1)C(=O)C(N)=O)C2(C)C)C(C)(C)C. The summed E-state index contributed by atoms with van der Waals surface area (Å²) in [7, 11) is 0. The fourth-order valence-corrected chi connectivity index (χ4v) is 5.90. The first-order valence-electron chi connectivity index (χ1n) is 13.4. The number of fused-ring (bicyclic) bond motifs is 1. The van der Waals surface area contributed by atoms with E-state index in [1.807, 2.05) is 20.8 Å². The lowest BCUT2D eigenvalue weighted by Crippen LogP contribution is -2.59. The minimum absolute atomic E-state index is 0.0317. The van der Waals surface area contributed by atoms with Crippen molar-refractivity contribution in [2.75, 3.05) is 13.1 Å². The Hall–Kier alpha value is -2.16. The first-order chi connectivity index (χ1) is 16.4. The topological polar surface area (TPSA) is 134 Å². The molecular formula is C27H47N5O4. The maximum atomic E-state index is 13.7. The van der Waals surface area contributed by atoms with Gasteiger partial charge in [-0.2, -0.15) is 0 Å². The Morgan fingerprint density at radius 1 is 1.03 bits per heavy atom. The molecule has 5 atom stereocenters. The largest absolute Gasteiger partial charge is 0.363 e. The molecule has 3 rings (SSSR count).